The van der Waals surface area contributed by atoms with E-state index in [-0.39, 0.29) is 24.8 Å². The van der Waals surface area contributed by atoms with Crippen LogP contribution in [0.25, 0.3) is 32.6 Å². The number of ether oxygens (including phenoxy) is 1. The Morgan fingerprint density at radius 1 is 1.00 bits per heavy atom. The SMILES string of the molecule is Cc1c2cc[n+]([C@H]3OC[C@@H](O)[C@H](O)[C@@H]3O)cc2c(C)c2c1[nH]c1ccc(O)cc12.[Cl-]. The fourth-order valence-electron chi connectivity index (χ4n) is 4.47. The van der Waals surface area contributed by atoms with Crippen LogP contribution in [0.4, 0.5) is 0 Å². The van der Waals surface area contributed by atoms with Crippen molar-refractivity contribution in [3.63, 3.8) is 0 Å². The summed E-state index contributed by atoms with van der Waals surface area (Å²) in [7, 11) is 0. The molecule has 1 fully saturated rings. The summed E-state index contributed by atoms with van der Waals surface area (Å²) in [6, 6.07) is 7.26. The normalized spacial score (nSPS) is 24.4. The molecule has 30 heavy (non-hydrogen) atoms. The fourth-order valence-corrected chi connectivity index (χ4v) is 4.47. The molecule has 0 spiro atoms. The largest absolute Gasteiger partial charge is 1.00 e. The van der Waals surface area contributed by atoms with Gasteiger partial charge in [0, 0.05) is 27.7 Å². The Morgan fingerprint density at radius 2 is 1.77 bits per heavy atom. The van der Waals surface area contributed by atoms with Gasteiger partial charge in [0.1, 0.15) is 18.0 Å². The molecular weight excluding hydrogens is 408 g/mol. The van der Waals surface area contributed by atoms with Crippen LogP contribution in [0.15, 0.2) is 36.7 Å². The van der Waals surface area contributed by atoms with Gasteiger partial charge in [-0.2, -0.15) is 4.57 Å². The van der Waals surface area contributed by atoms with E-state index in [4.69, 9.17) is 4.74 Å². The minimum absolute atomic E-state index is 0. The standard InChI is InChI=1S/C22H22N2O5.ClH/c1-10-15-8-24(22-21(28)20(27)17(26)9-29-22)6-5-13(15)11(2)19-18(10)14-7-12(25)3-4-16(14)23-19;/h3-8,17,20-22,25-28H,9H2,1-2H3;1H/t17-,20+,21+,22+;/m1./s1. The van der Waals surface area contributed by atoms with Gasteiger partial charge >= 0.3 is 0 Å². The molecule has 5 rings (SSSR count). The summed E-state index contributed by atoms with van der Waals surface area (Å²) < 4.78 is 7.33. The van der Waals surface area contributed by atoms with Crippen LogP contribution >= 0.6 is 0 Å². The van der Waals surface area contributed by atoms with Crippen LogP contribution in [0.3, 0.4) is 0 Å². The number of nitrogens with zero attached hydrogens (tertiary/aromatic N) is 1. The van der Waals surface area contributed by atoms with Crippen LogP contribution in [0.5, 0.6) is 5.75 Å². The molecule has 0 unspecified atom stereocenters. The number of aryl methyl sites for hydroxylation is 2. The number of aromatic nitrogens is 2. The highest BCUT2D eigenvalue weighted by Gasteiger charge is 2.43. The molecule has 2 aromatic heterocycles. The zero-order chi connectivity index (χ0) is 20.4. The number of pyridine rings is 1. The topological polar surface area (TPSA) is 110 Å². The average molecular weight is 431 g/mol. The van der Waals surface area contributed by atoms with Crippen molar-refractivity contribution < 1.29 is 42.1 Å². The number of phenols is 1. The highest BCUT2D eigenvalue weighted by molar-refractivity contribution is 6.16. The number of aliphatic hydroxyl groups excluding tert-OH is 3. The van der Waals surface area contributed by atoms with Crippen molar-refractivity contribution in [1.29, 1.82) is 0 Å². The molecule has 0 saturated carbocycles. The number of aromatic amines is 1. The van der Waals surface area contributed by atoms with E-state index in [2.05, 4.69) is 11.9 Å². The number of rotatable bonds is 1. The third-order valence-electron chi connectivity index (χ3n) is 6.09. The molecule has 0 amide bonds. The number of hydrogen-bond donors (Lipinski definition) is 5. The van der Waals surface area contributed by atoms with Gasteiger partial charge < -0.3 is 42.6 Å². The molecular formula is C22H23ClN2O5. The molecule has 1 aliphatic rings. The van der Waals surface area contributed by atoms with Crippen molar-refractivity contribution >= 4 is 32.6 Å². The maximum Gasteiger partial charge on any atom is 0.291 e. The molecule has 5 N–H and O–H groups in total. The molecule has 1 aliphatic heterocycles. The lowest BCUT2D eigenvalue weighted by molar-refractivity contribution is -0.774. The smallest absolute Gasteiger partial charge is 0.291 e. The van der Waals surface area contributed by atoms with E-state index in [1.54, 1.807) is 16.7 Å². The second-order valence-electron chi connectivity index (χ2n) is 7.85. The number of halogens is 1. The van der Waals surface area contributed by atoms with Crippen LogP contribution in [0.2, 0.25) is 0 Å². The second kappa shape index (κ2) is 7.37. The van der Waals surface area contributed by atoms with Gasteiger partial charge in [-0.15, -0.1) is 0 Å². The number of aromatic hydroxyl groups is 1. The maximum absolute atomic E-state index is 10.4. The quantitative estimate of drug-likeness (QED) is 0.241. The molecule has 7 nitrogen and oxygen atoms in total. The van der Waals surface area contributed by atoms with Crippen molar-refractivity contribution in [2.24, 2.45) is 0 Å². The lowest BCUT2D eigenvalue weighted by atomic mass is 9.96. The van der Waals surface area contributed by atoms with Gasteiger partial charge in [0.2, 0.25) is 0 Å². The van der Waals surface area contributed by atoms with Crippen molar-refractivity contribution in [2.75, 3.05) is 6.61 Å². The molecule has 4 aromatic rings. The number of benzene rings is 2. The maximum atomic E-state index is 10.4. The molecule has 158 valence electrons. The first-order valence-electron chi connectivity index (χ1n) is 9.60. The molecule has 1 saturated heterocycles. The van der Waals surface area contributed by atoms with Crippen molar-refractivity contribution in [3.8, 4) is 5.75 Å². The first-order valence-corrected chi connectivity index (χ1v) is 9.60. The number of nitrogens with one attached hydrogen (secondary N) is 1. The zero-order valence-electron chi connectivity index (χ0n) is 16.5. The van der Waals surface area contributed by atoms with Gasteiger partial charge in [-0.25, -0.2) is 0 Å². The van der Waals surface area contributed by atoms with Crippen LogP contribution in [-0.2, 0) is 4.74 Å². The third kappa shape index (κ3) is 2.93. The van der Waals surface area contributed by atoms with E-state index < -0.39 is 24.5 Å². The third-order valence-corrected chi connectivity index (χ3v) is 6.09. The Morgan fingerprint density at radius 3 is 2.53 bits per heavy atom. The highest BCUT2D eigenvalue weighted by atomic mass is 35.5. The summed E-state index contributed by atoms with van der Waals surface area (Å²) in [5.74, 6) is 0.213. The number of fused-ring (bicyclic) bond motifs is 4. The van der Waals surface area contributed by atoms with Crippen molar-refractivity contribution in [2.45, 2.75) is 38.4 Å². The summed E-state index contributed by atoms with van der Waals surface area (Å²) in [6.07, 6.45) is -0.690. The van der Waals surface area contributed by atoms with Gasteiger partial charge in [-0.05, 0) is 48.6 Å². The summed E-state index contributed by atoms with van der Waals surface area (Å²) in [5.41, 5.74) is 4.11. The molecule has 0 aliphatic carbocycles. The summed E-state index contributed by atoms with van der Waals surface area (Å²) >= 11 is 0. The van der Waals surface area contributed by atoms with Crippen LogP contribution < -0.4 is 17.0 Å². The van der Waals surface area contributed by atoms with E-state index >= 15 is 0 Å². The van der Waals surface area contributed by atoms with Gasteiger partial charge in [0.15, 0.2) is 18.5 Å². The van der Waals surface area contributed by atoms with Crippen LogP contribution in [0, 0.1) is 13.8 Å². The second-order valence-corrected chi connectivity index (χ2v) is 7.85. The van der Waals surface area contributed by atoms with Gasteiger partial charge in [0.25, 0.3) is 6.23 Å². The van der Waals surface area contributed by atoms with E-state index in [1.165, 1.54) is 0 Å². The molecule has 0 bridgehead atoms. The lowest BCUT2D eigenvalue weighted by Crippen LogP contribution is -3.00. The predicted octanol–water partition coefficient (Wildman–Crippen LogP) is -1.30. The summed E-state index contributed by atoms with van der Waals surface area (Å²) in [6.45, 7) is 4.03. The van der Waals surface area contributed by atoms with Crippen LogP contribution in [-0.4, -0.2) is 50.3 Å². The lowest BCUT2D eigenvalue weighted by Gasteiger charge is -2.31. The van der Waals surface area contributed by atoms with E-state index in [0.29, 0.717) is 0 Å². The van der Waals surface area contributed by atoms with Gasteiger partial charge in [-0.3, -0.25) is 0 Å². The van der Waals surface area contributed by atoms with E-state index in [9.17, 15) is 20.4 Å². The predicted molar refractivity (Wildman–Crippen MR) is 108 cm³/mol. The first-order chi connectivity index (χ1) is 13.9. The highest BCUT2D eigenvalue weighted by Crippen LogP contribution is 2.37. The van der Waals surface area contributed by atoms with Crippen molar-refractivity contribution in [1.82, 2.24) is 4.98 Å². The summed E-state index contributed by atoms with van der Waals surface area (Å²) in [4.78, 5) is 3.46. The Hall–Kier alpha value is -2.42. The Labute approximate surface area is 178 Å². The van der Waals surface area contributed by atoms with Gasteiger partial charge in [-0.1, -0.05) is 0 Å². The minimum Gasteiger partial charge on any atom is -1.00 e. The van der Waals surface area contributed by atoms with Crippen LogP contribution in [0.1, 0.15) is 17.4 Å². The molecule has 2 aromatic carbocycles. The van der Waals surface area contributed by atoms with Crippen molar-refractivity contribution in [3.05, 3.63) is 47.8 Å². The Bertz CT molecular complexity index is 1270. The molecule has 8 heteroatoms. The summed E-state index contributed by atoms with van der Waals surface area (Å²) in [5, 5.41) is 44.1. The Balaban J connectivity index is 0.00000218. The average Bonchev–Trinajstić information content (AvgIpc) is 3.09. The van der Waals surface area contributed by atoms with E-state index in [0.717, 1.165) is 43.7 Å². The first kappa shape index (κ1) is 20.8. The molecule has 3 heterocycles. The number of phenolic OH excluding ortho intramolecular Hbond substituents is 1. The van der Waals surface area contributed by atoms with E-state index in [1.807, 2.05) is 31.5 Å². The number of hydrogen-bond acceptors (Lipinski definition) is 5. The number of H-pyrrole nitrogens is 1. The Kier molecular flexibility index (Phi) is 5.12. The molecule has 4 atom stereocenters. The number of aliphatic hydroxyl groups is 3. The molecule has 0 radical (unpaired) electrons. The zero-order valence-corrected chi connectivity index (χ0v) is 17.3. The van der Waals surface area contributed by atoms with Gasteiger partial charge in [0.05, 0.1) is 12.1 Å². The monoisotopic (exact) mass is 430 g/mol. The fraction of sp³-hybridized carbons (Fsp3) is 0.318. The minimum atomic E-state index is -1.26.